The number of anilines is 1. The quantitative estimate of drug-likeness (QED) is 0.710. The van der Waals surface area contributed by atoms with Gasteiger partial charge in [-0.05, 0) is 52.7 Å². The van der Waals surface area contributed by atoms with Crippen LogP contribution in [0.2, 0.25) is 5.02 Å². The highest BCUT2D eigenvalue weighted by Gasteiger charge is 2.04. The molecule has 1 heterocycles. The van der Waals surface area contributed by atoms with E-state index in [4.69, 9.17) is 16.3 Å². The number of nitrogens with zero attached hydrogens (tertiary/aromatic N) is 4. The molecule has 1 aromatic heterocycles. The number of hydrogen-bond acceptors (Lipinski definition) is 5. The Morgan fingerprint density at radius 2 is 1.96 bits per heavy atom. The third-order valence-corrected chi connectivity index (χ3v) is 3.75. The summed E-state index contributed by atoms with van der Waals surface area (Å²) < 4.78 is 7.55. The molecular formula is C17H18ClN5O. The Balaban J connectivity index is 1.58. The average molecular weight is 344 g/mol. The fourth-order valence-electron chi connectivity index (χ4n) is 2.22. The molecule has 0 atom stereocenters. The Labute approximate surface area is 145 Å². The summed E-state index contributed by atoms with van der Waals surface area (Å²) in [7, 11) is 0. The summed E-state index contributed by atoms with van der Waals surface area (Å²) in [5.74, 6) is 1.48. The van der Waals surface area contributed by atoms with Crippen LogP contribution in [-0.2, 0) is 19.7 Å². The van der Waals surface area contributed by atoms with Gasteiger partial charge in [-0.3, -0.25) is 0 Å². The second kappa shape index (κ2) is 7.79. The van der Waals surface area contributed by atoms with E-state index in [1.807, 2.05) is 55.5 Å². The summed E-state index contributed by atoms with van der Waals surface area (Å²) in [6.07, 6.45) is 0. The Hall–Kier alpha value is -2.60. The number of hydrogen-bond donors (Lipinski definition) is 1. The fourth-order valence-corrected chi connectivity index (χ4v) is 2.34. The monoisotopic (exact) mass is 343 g/mol. The predicted molar refractivity (Wildman–Crippen MR) is 93.0 cm³/mol. The number of nitrogens with one attached hydrogen (secondary N) is 1. The summed E-state index contributed by atoms with van der Waals surface area (Å²) in [5, 5.41) is 15.5. The minimum Gasteiger partial charge on any atom is -0.489 e. The normalized spacial score (nSPS) is 10.6. The van der Waals surface area contributed by atoms with Crippen molar-refractivity contribution < 1.29 is 4.74 Å². The van der Waals surface area contributed by atoms with Gasteiger partial charge in [-0.15, -0.1) is 0 Å². The van der Waals surface area contributed by atoms with Gasteiger partial charge in [-0.25, -0.2) is 4.68 Å². The van der Waals surface area contributed by atoms with E-state index in [0.29, 0.717) is 19.1 Å². The Morgan fingerprint density at radius 3 is 2.75 bits per heavy atom. The highest BCUT2D eigenvalue weighted by Crippen LogP contribution is 2.17. The third-order valence-electron chi connectivity index (χ3n) is 3.50. The first-order valence-corrected chi connectivity index (χ1v) is 8.08. The van der Waals surface area contributed by atoms with Crippen LogP contribution in [-0.4, -0.2) is 20.2 Å². The smallest absolute Gasteiger partial charge is 0.243 e. The summed E-state index contributed by atoms with van der Waals surface area (Å²) in [5.41, 5.74) is 2.17. The van der Waals surface area contributed by atoms with Crippen LogP contribution in [0.1, 0.15) is 18.1 Å². The lowest BCUT2D eigenvalue weighted by Crippen LogP contribution is -2.08. The van der Waals surface area contributed by atoms with Crippen molar-refractivity contribution >= 4 is 17.5 Å². The first-order valence-electron chi connectivity index (χ1n) is 7.71. The number of tetrazole rings is 1. The molecule has 24 heavy (non-hydrogen) atoms. The first kappa shape index (κ1) is 16.3. The molecule has 0 saturated carbocycles. The van der Waals surface area contributed by atoms with E-state index in [9.17, 15) is 0 Å². The van der Waals surface area contributed by atoms with Gasteiger partial charge in [0.2, 0.25) is 5.95 Å². The molecule has 7 heteroatoms. The zero-order valence-corrected chi connectivity index (χ0v) is 14.1. The van der Waals surface area contributed by atoms with E-state index in [1.165, 1.54) is 0 Å². The van der Waals surface area contributed by atoms with Gasteiger partial charge in [-0.1, -0.05) is 41.0 Å². The van der Waals surface area contributed by atoms with Crippen LogP contribution in [0, 0.1) is 0 Å². The molecule has 124 valence electrons. The number of rotatable bonds is 7. The van der Waals surface area contributed by atoms with E-state index in [2.05, 4.69) is 20.8 Å². The number of aromatic nitrogens is 4. The van der Waals surface area contributed by atoms with Crippen LogP contribution in [0.3, 0.4) is 0 Å². The van der Waals surface area contributed by atoms with Crippen LogP contribution < -0.4 is 10.1 Å². The third kappa shape index (κ3) is 4.23. The fraction of sp³-hybridized carbons (Fsp3) is 0.235. The molecular weight excluding hydrogens is 326 g/mol. The molecule has 3 aromatic rings. The Morgan fingerprint density at radius 1 is 1.12 bits per heavy atom. The van der Waals surface area contributed by atoms with Crippen molar-refractivity contribution in [3.63, 3.8) is 0 Å². The zero-order valence-electron chi connectivity index (χ0n) is 13.3. The van der Waals surface area contributed by atoms with Crippen molar-refractivity contribution in [3.05, 3.63) is 64.7 Å². The molecule has 2 aromatic carbocycles. The van der Waals surface area contributed by atoms with Gasteiger partial charge < -0.3 is 10.1 Å². The predicted octanol–water partition coefficient (Wildman–Crippen LogP) is 3.54. The van der Waals surface area contributed by atoms with Crippen LogP contribution >= 0.6 is 11.6 Å². The highest BCUT2D eigenvalue weighted by molar-refractivity contribution is 6.30. The molecule has 6 nitrogen and oxygen atoms in total. The molecule has 0 aliphatic rings. The van der Waals surface area contributed by atoms with Gasteiger partial charge in [0.15, 0.2) is 0 Å². The molecule has 0 fully saturated rings. The minimum absolute atomic E-state index is 0.502. The van der Waals surface area contributed by atoms with Crippen LogP contribution in [0.4, 0.5) is 5.95 Å². The van der Waals surface area contributed by atoms with E-state index >= 15 is 0 Å². The molecule has 0 radical (unpaired) electrons. The summed E-state index contributed by atoms with van der Waals surface area (Å²) in [6.45, 7) is 3.84. The second-order valence-electron chi connectivity index (χ2n) is 5.23. The largest absolute Gasteiger partial charge is 0.489 e. The molecule has 0 saturated heterocycles. The van der Waals surface area contributed by atoms with Gasteiger partial charge in [0.1, 0.15) is 12.4 Å². The van der Waals surface area contributed by atoms with Crippen LogP contribution in [0.15, 0.2) is 48.5 Å². The summed E-state index contributed by atoms with van der Waals surface area (Å²) >= 11 is 5.88. The van der Waals surface area contributed by atoms with Crippen LogP contribution in [0.25, 0.3) is 0 Å². The van der Waals surface area contributed by atoms with Gasteiger partial charge in [-0.2, -0.15) is 0 Å². The van der Waals surface area contributed by atoms with Gasteiger partial charge >= 0.3 is 0 Å². The number of aryl methyl sites for hydroxylation is 1. The first-order chi connectivity index (χ1) is 11.7. The van der Waals surface area contributed by atoms with Crippen molar-refractivity contribution in [2.45, 2.75) is 26.6 Å². The Kier molecular flexibility index (Phi) is 5.28. The molecule has 0 bridgehead atoms. The zero-order chi connectivity index (χ0) is 16.8. The van der Waals surface area contributed by atoms with Crippen LogP contribution in [0.5, 0.6) is 5.75 Å². The molecule has 3 rings (SSSR count). The minimum atomic E-state index is 0.502. The molecule has 0 amide bonds. The molecule has 0 aliphatic heterocycles. The summed E-state index contributed by atoms with van der Waals surface area (Å²) in [4.78, 5) is 0. The number of halogens is 1. The van der Waals surface area contributed by atoms with Gasteiger partial charge in [0, 0.05) is 18.1 Å². The van der Waals surface area contributed by atoms with E-state index in [1.54, 1.807) is 4.68 Å². The summed E-state index contributed by atoms with van der Waals surface area (Å²) in [6, 6.07) is 15.6. The molecule has 1 N–H and O–H groups in total. The van der Waals surface area contributed by atoms with Crippen molar-refractivity contribution in [3.8, 4) is 5.75 Å². The maximum Gasteiger partial charge on any atom is 0.243 e. The van der Waals surface area contributed by atoms with Crippen molar-refractivity contribution in [2.75, 3.05) is 5.32 Å². The van der Waals surface area contributed by atoms with Crippen molar-refractivity contribution in [2.24, 2.45) is 0 Å². The number of benzene rings is 2. The highest BCUT2D eigenvalue weighted by atomic mass is 35.5. The maximum atomic E-state index is 5.88. The molecule has 0 spiro atoms. The second-order valence-corrected chi connectivity index (χ2v) is 5.67. The lowest BCUT2D eigenvalue weighted by Gasteiger charge is -2.09. The lowest BCUT2D eigenvalue weighted by molar-refractivity contribution is 0.306. The maximum absolute atomic E-state index is 5.88. The molecule has 0 aliphatic carbocycles. The van der Waals surface area contributed by atoms with Crippen molar-refractivity contribution in [1.82, 2.24) is 20.2 Å². The van der Waals surface area contributed by atoms with E-state index in [-0.39, 0.29) is 0 Å². The topological polar surface area (TPSA) is 64.9 Å². The van der Waals surface area contributed by atoms with Gasteiger partial charge in [0.05, 0.1) is 0 Å². The molecule has 0 unspecified atom stereocenters. The standard InChI is InChI=1S/C17H18ClN5O/c1-2-23-17(20-21-22-23)19-11-14-4-3-5-16(10-14)24-12-13-6-8-15(18)9-7-13/h3-10H,2,11-12H2,1H3,(H,19,20,22). The van der Waals surface area contributed by atoms with Crippen molar-refractivity contribution in [1.29, 1.82) is 0 Å². The lowest BCUT2D eigenvalue weighted by atomic mass is 10.2. The number of ether oxygens (including phenoxy) is 1. The average Bonchev–Trinajstić information content (AvgIpc) is 3.07. The Bertz CT molecular complexity index is 788. The van der Waals surface area contributed by atoms with Gasteiger partial charge in [0.25, 0.3) is 0 Å². The SMILES string of the molecule is CCn1nnnc1NCc1cccc(OCc2ccc(Cl)cc2)c1. The van der Waals surface area contributed by atoms with E-state index < -0.39 is 0 Å². The van der Waals surface area contributed by atoms with E-state index in [0.717, 1.165) is 28.4 Å².